The maximum absolute atomic E-state index is 11.7. The second-order valence-corrected chi connectivity index (χ2v) is 4.60. The molecular weight excluding hydrogens is 270 g/mol. The van der Waals surface area contributed by atoms with Gasteiger partial charge in [0.2, 0.25) is 0 Å². The second-order valence-electron chi connectivity index (χ2n) is 4.60. The highest BCUT2D eigenvalue weighted by molar-refractivity contribution is 5.89. The molecule has 2 aromatic rings. The lowest BCUT2D eigenvalue weighted by molar-refractivity contribution is -0.384. The van der Waals surface area contributed by atoms with E-state index in [9.17, 15) is 14.9 Å². The van der Waals surface area contributed by atoms with Crippen molar-refractivity contribution in [1.29, 1.82) is 0 Å². The van der Waals surface area contributed by atoms with Gasteiger partial charge in [0.05, 0.1) is 4.92 Å². The zero-order chi connectivity index (χ0) is 15.2. The van der Waals surface area contributed by atoms with Gasteiger partial charge in [-0.2, -0.15) is 0 Å². The average Bonchev–Trinajstić information content (AvgIpc) is 2.47. The van der Waals surface area contributed by atoms with Gasteiger partial charge in [-0.25, -0.2) is 4.79 Å². The number of hydrogen-bond donors (Lipinski definition) is 2. The number of hydrogen-bond acceptors (Lipinski definition) is 3. The van der Waals surface area contributed by atoms with Crippen molar-refractivity contribution in [2.24, 2.45) is 0 Å². The number of carbonyl (C=O) groups is 1. The maximum atomic E-state index is 11.7. The maximum Gasteiger partial charge on any atom is 0.319 e. The van der Waals surface area contributed by atoms with Crippen LogP contribution < -0.4 is 10.6 Å². The molecule has 6 nitrogen and oxygen atoms in total. The lowest BCUT2D eigenvalue weighted by Gasteiger charge is -2.08. The molecule has 0 saturated heterocycles. The molecule has 0 radical (unpaired) electrons. The molecule has 0 saturated carbocycles. The van der Waals surface area contributed by atoms with Crippen LogP contribution in [-0.4, -0.2) is 11.0 Å². The van der Waals surface area contributed by atoms with Crippen molar-refractivity contribution in [2.75, 3.05) is 5.32 Å². The summed E-state index contributed by atoms with van der Waals surface area (Å²) in [5.74, 6) is 0. The van der Waals surface area contributed by atoms with Crippen LogP contribution >= 0.6 is 0 Å². The highest BCUT2D eigenvalue weighted by Crippen LogP contribution is 2.16. The van der Waals surface area contributed by atoms with Crippen molar-refractivity contribution in [1.82, 2.24) is 5.32 Å². The van der Waals surface area contributed by atoms with Crippen LogP contribution in [-0.2, 0) is 6.54 Å². The number of urea groups is 1. The molecule has 0 heterocycles. The van der Waals surface area contributed by atoms with E-state index in [2.05, 4.69) is 10.6 Å². The zero-order valence-corrected chi connectivity index (χ0v) is 11.5. The fourth-order valence-corrected chi connectivity index (χ4v) is 1.76. The molecule has 2 N–H and O–H groups in total. The zero-order valence-electron chi connectivity index (χ0n) is 11.5. The van der Waals surface area contributed by atoms with E-state index in [1.54, 1.807) is 6.07 Å². The molecule has 2 aromatic carbocycles. The van der Waals surface area contributed by atoms with Gasteiger partial charge in [0.15, 0.2) is 0 Å². The van der Waals surface area contributed by atoms with Crippen LogP contribution in [0.25, 0.3) is 0 Å². The van der Waals surface area contributed by atoms with Crippen LogP contribution in [0.1, 0.15) is 11.1 Å². The molecule has 0 aliphatic carbocycles. The summed E-state index contributed by atoms with van der Waals surface area (Å²) in [6, 6.07) is 13.2. The normalized spacial score (nSPS) is 9.95. The van der Waals surface area contributed by atoms with Gasteiger partial charge < -0.3 is 10.6 Å². The number of anilines is 1. The lowest BCUT2D eigenvalue weighted by atomic mass is 10.1. The Bertz CT molecular complexity index is 653. The van der Waals surface area contributed by atoms with Gasteiger partial charge in [-0.3, -0.25) is 10.1 Å². The summed E-state index contributed by atoms with van der Waals surface area (Å²) in [4.78, 5) is 21.9. The third-order valence-electron chi connectivity index (χ3n) is 2.89. The molecule has 0 aromatic heterocycles. The minimum atomic E-state index is -0.505. The summed E-state index contributed by atoms with van der Waals surface area (Å²) in [6.07, 6.45) is 0. The summed E-state index contributed by atoms with van der Waals surface area (Å²) in [5, 5.41) is 15.9. The molecule has 0 bridgehead atoms. The Morgan fingerprint density at radius 1 is 1.19 bits per heavy atom. The Hall–Kier alpha value is -2.89. The van der Waals surface area contributed by atoms with Gasteiger partial charge in [-0.1, -0.05) is 35.9 Å². The minimum absolute atomic E-state index is 0.0636. The predicted molar refractivity (Wildman–Crippen MR) is 80.1 cm³/mol. The second kappa shape index (κ2) is 6.51. The molecule has 108 valence electrons. The number of carbonyl (C=O) groups excluding carboxylic acids is 1. The van der Waals surface area contributed by atoms with Gasteiger partial charge in [0.25, 0.3) is 5.69 Å². The first-order valence-electron chi connectivity index (χ1n) is 6.39. The molecule has 0 fully saturated rings. The average molecular weight is 285 g/mol. The highest BCUT2D eigenvalue weighted by atomic mass is 16.6. The summed E-state index contributed by atoms with van der Waals surface area (Å²) in [6.45, 7) is 2.38. The van der Waals surface area contributed by atoms with E-state index in [1.807, 2.05) is 31.2 Å². The van der Waals surface area contributed by atoms with Crippen molar-refractivity contribution in [3.05, 3.63) is 69.8 Å². The standard InChI is InChI=1S/C15H15N3O3/c1-11-5-7-12(8-6-11)10-16-15(19)17-13-3-2-4-14(9-13)18(20)21/h2-9H,10H2,1H3,(H2,16,17,19). The van der Waals surface area contributed by atoms with Gasteiger partial charge in [-0.05, 0) is 18.6 Å². The van der Waals surface area contributed by atoms with E-state index < -0.39 is 11.0 Å². The van der Waals surface area contributed by atoms with Crippen LogP contribution in [0.2, 0.25) is 0 Å². The van der Waals surface area contributed by atoms with E-state index in [0.717, 1.165) is 11.1 Å². The Balaban J connectivity index is 1.91. The minimum Gasteiger partial charge on any atom is -0.334 e. The lowest BCUT2D eigenvalue weighted by Crippen LogP contribution is -2.28. The monoisotopic (exact) mass is 285 g/mol. The van der Waals surface area contributed by atoms with Crippen molar-refractivity contribution < 1.29 is 9.72 Å². The van der Waals surface area contributed by atoms with Crippen LogP contribution in [0, 0.1) is 17.0 Å². The number of nitro benzene ring substituents is 1. The van der Waals surface area contributed by atoms with Crippen molar-refractivity contribution >= 4 is 17.4 Å². The predicted octanol–water partition coefficient (Wildman–Crippen LogP) is 3.22. The third-order valence-corrected chi connectivity index (χ3v) is 2.89. The third kappa shape index (κ3) is 4.31. The quantitative estimate of drug-likeness (QED) is 0.668. The molecular formula is C15H15N3O3. The summed E-state index contributed by atoms with van der Waals surface area (Å²) < 4.78 is 0. The summed E-state index contributed by atoms with van der Waals surface area (Å²) >= 11 is 0. The van der Waals surface area contributed by atoms with E-state index in [0.29, 0.717) is 12.2 Å². The number of amides is 2. The number of non-ortho nitro benzene ring substituents is 1. The Morgan fingerprint density at radius 3 is 2.57 bits per heavy atom. The molecule has 21 heavy (non-hydrogen) atoms. The van der Waals surface area contributed by atoms with Gasteiger partial charge in [0, 0.05) is 24.4 Å². The fourth-order valence-electron chi connectivity index (χ4n) is 1.76. The van der Waals surface area contributed by atoms with E-state index >= 15 is 0 Å². The smallest absolute Gasteiger partial charge is 0.319 e. The largest absolute Gasteiger partial charge is 0.334 e. The Morgan fingerprint density at radius 2 is 1.90 bits per heavy atom. The molecule has 0 atom stereocenters. The SMILES string of the molecule is Cc1ccc(CNC(=O)Nc2cccc([N+](=O)[O-])c2)cc1. The Labute approximate surface area is 121 Å². The van der Waals surface area contributed by atoms with Crippen LogP contribution in [0.15, 0.2) is 48.5 Å². The first kappa shape index (κ1) is 14.5. The molecule has 2 amide bonds. The fraction of sp³-hybridized carbons (Fsp3) is 0.133. The van der Waals surface area contributed by atoms with Gasteiger partial charge >= 0.3 is 6.03 Å². The van der Waals surface area contributed by atoms with Crippen molar-refractivity contribution in [3.63, 3.8) is 0 Å². The van der Waals surface area contributed by atoms with E-state index in [4.69, 9.17) is 0 Å². The molecule has 6 heteroatoms. The number of benzene rings is 2. The topological polar surface area (TPSA) is 84.3 Å². The molecule has 0 unspecified atom stereocenters. The van der Waals surface area contributed by atoms with E-state index in [1.165, 1.54) is 18.2 Å². The van der Waals surface area contributed by atoms with Crippen LogP contribution in [0.4, 0.5) is 16.2 Å². The van der Waals surface area contributed by atoms with Gasteiger partial charge in [-0.15, -0.1) is 0 Å². The molecule has 0 aliphatic heterocycles. The van der Waals surface area contributed by atoms with Crippen LogP contribution in [0.5, 0.6) is 0 Å². The van der Waals surface area contributed by atoms with E-state index in [-0.39, 0.29) is 5.69 Å². The van der Waals surface area contributed by atoms with Crippen molar-refractivity contribution in [3.8, 4) is 0 Å². The first-order chi connectivity index (χ1) is 10.0. The molecule has 2 rings (SSSR count). The number of rotatable bonds is 4. The van der Waals surface area contributed by atoms with Crippen LogP contribution in [0.3, 0.4) is 0 Å². The highest BCUT2D eigenvalue weighted by Gasteiger charge is 2.07. The number of nitro groups is 1. The molecule has 0 spiro atoms. The number of nitrogens with zero attached hydrogens (tertiary/aromatic N) is 1. The first-order valence-corrected chi connectivity index (χ1v) is 6.39. The Kier molecular flexibility index (Phi) is 4.50. The van der Waals surface area contributed by atoms with Gasteiger partial charge in [0.1, 0.15) is 0 Å². The van der Waals surface area contributed by atoms with Crippen molar-refractivity contribution in [2.45, 2.75) is 13.5 Å². The molecule has 0 aliphatic rings. The number of aryl methyl sites for hydroxylation is 1. The summed E-state index contributed by atoms with van der Waals surface area (Å²) in [7, 11) is 0. The number of nitrogens with one attached hydrogen (secondary N) is 2. The summed E-state index contributed by atoms with van der Waals surface area (Å²) in [5.41, 5.74) is 2.45.